The van der Waals surface area contributed by atoms with Gasteiger partial charge in [0.1, 0.15) is 5.75 Å². The first kappa shape index (κ1) is 17.3. The molecule has 1 aromatic carbocycles. The monoisotopic (exact) mass is 353 g/mol. The third-order valence-corrected chi connectivity index (χ3v) is 5.45. The number of aromatic nitrogens is 2. The van der Waals surface area contributed by atoms with E-state index >= 15 is 0 Å². The minimum Gasteiger partial charge on any atom is -0.494 e. The zero-order chi connectivity index (χ0) is 17.9. The maximum atomic E-state index is 12.1. The molecular weight excluding hydrogens is 326 g/mol. The lowest BCUT2D eigenvalue weighted by Crippen LogP contribution is -2.28. The van der Waals surface area contributed by atoms with Crippen molar-refractivity contribution < 1.29 is 4.74 Å². The molecule has 2 aromatic rings. The number of rotatable bonds is 7. The summed E-state index contributed by atoms with van der Waals surface area (Å²) in [6.07, 6.45) is 6.02. The zero-order valence-electron chi connectivity index (χ0n) is 15.4. The summed E-state index contributed by atoms with van der Waals surface area (Å²) in [5.41, 5.74) is 1.71. The maximum Gasteiger partial charge on any atom is 0.271 e. The van der Waals surface area contributed by atoms with Gasteiger partial charge in [0.25, 0.3) is 5.56 Å². The molecule has 1 saturated carbocycles. The highest BCUT2D eigenvalue weighted by molar-refractivity contribution is 5.37. The Morgan fingerprint density at radius 1 is 1.12 bits per heavy atom. The van der Waals surface area contributed by atoms with Gasteiger partial charge in [0.15, 0.2) is 0 Å². The van der Waals surface area contributed by atoms with Crippen LogP contribution in [0.1, 0.15) is 50.6 Å². The molecule has 1 saturated heterocycles. The van der Waals surface area contributed by atoms with Crippen molar-refractivity contribution in [2.24, 2.45) is 0 Å². The van der Waals surface area contributed by atoms with E-state index in [-0.39, 0.29) is 5.56 Å². The van der Waals surface area contributed by atoms with Crippen LogP contribution in [0.25, 0.3) is 5.69 Å². The van der Waals surface area contributed by atoms with Gasteiger partial charge >= 0.3 is 0 Å². The molecule has 0 unspecified atom stereocenters. The molecule has 26 heavy (non-hydrogen) atoms. The van der Waals surface area contributed by atoms with Gasteiger partial charge in [-0.2, -0.15) is 9.78 Å². The van der Waals surface area contributed by atoms with Crippen molar-refractivity contribution in [3.05, 3.63) is 52.4 Å². The van der Waals surface area contributed by atoms with Crippen molar-refractivity contribution >= 4 is 0 Å². The predicted molar refractivity (Wildman–Crippen MR) is 102 cm³/mol. The van der Waals surface area contributed by atoms with Crippen LogP contribution in [0, 0.1) is 0 Å². The molecular formula is C21H27N3O2. The molecule has 0 spiro atoms. The molecule has 0 bridgehead atoms. The van der Waals surface area contributed by atoms with Gasteiger partial charge in [0, 0.05) is 24.6 Å². The highest BCUT2D eigenvalue weighted by Crippen LogP contribution is 2.38. The second-order valence-corrected chi connectivity index (χ2v) is 7.51. The highest BCUT2D eigenvalue weighted by atomic mass is 16.5. The first-order chi connectivity index (χ1) is 12.7. The fourth-order valence-corrected chi connectivity index (χ4v) is 3.67. The Morgan fingerprint density at radius 3 is 2.62 bits per heavy atom. The van der Waals surface area contributed by atoms with Gasteiger partial charge in [-0.25, -0.2) is 0 Å². The molecule has 1 aliphatic carbocycles. The third kappa shape index (κ3) is 3.98. The lowest BCUT2D eigenvalue weighted by molar-refractivity contribution is 0.230. The standard InChI is InChI=1S/C21H27N3O2/c1-16-4-2-13-23(16)14-3-15-26-19-9-7-18(8-10-19)24-21(25)12-11-20(22-24)17-5-6-17/h7-12,16-17H,2-6,13-15H2,1H3/t16-/m1/s1. The van der Waals surface area contributed by atoms with E-state index in [0.29, 0.717) is 12.0 Å². The van der Waals surface area contributed by atoms with Crippen molar-refractivity contribution in [3.63, 3.8) is 0 Å². The highest BCUT2D eigenvalue weighted by Gasteiger charge is 2.25. The normalized spacial score (nSPS) is 20.4. The molecule has 0 radical (unpaired) electrons. The van der Waals surface area contributed by atoms with E-state index < -0.39 is 0 Å². The van der Waals surface area contributed by atoms with Gasteiger partial charge in [0.2, 0.25) is 0 Å². The summed E-state index contributed by atoms with van der Waals surface area (Å²) in [4.78, 5) is 14.7. The topological polar surface area (TPSA) is 47.4 Å². The van der Waals surface area contributed by atoms with Crippen LogP contribution in [0.2, 0.25) is 0 Å². The number of hydrogen-bond acceptors (Lipinski definition) is 4. The molecule has 2 aliphatic rings. The summed E-state index contributed by atoms with van der Waals surface area (Å²) in [6, 6.07) is 11.8. The van der Waals surface area contributed by atoms with Crippen molar-refractivity contribution in [1.29, 1.82) is 0 Å². The lowest BCUT2D eigenvalue weighted by Gasteiger charge is -2.20. The van der Waals surface area contributed by atoms with Crippen LogP contribution in [0.5, 0.6) is 5.75 Å². The first-order valence-corrected chi connectivity index (χ1v) is 9.78. The van der Waals surface area contributed by atoms with E-state index in [4.69, 9.17) is 4.74 Å². The molecule has 4 rings (SSSR count). The summed E-state index contributed by atoms with van der Waals surface area (Å²) < 4.78 is 7.35. The van der Waals surface area contributed by atoms with Crippen LogP contribution < -0.4 is 10.3 Å². The van der Waals surface area contributed by atoms with E-state index in [2.05, 4.69) is 16.9 Å². The second kappa shape index (κ2) is 7.62. The largest absolute Gasteiger partial charge is 0.494 e. The maximum absolute atomic E-state index is 12.1. The van der Waals surface area contributed by atoms with Crippen LogP contribution >= 0.6 is 0 Å². The Hall–Kier alpha value is -2.14. The molecule has 2 fully saturated rings. The molecule has 138 valence electrons. The SMILES string of the molecule is C[C@@H]1CCCN1CCCOc1ccc(-n2nc(C3CC3)ccc2=O)cc1. The van der Waals surface area contributed by atoms with Gasteiger partial charge in [0.05, 0.1) is 18.0 Å². The molecule has 1 aliphatic heterocycles. The van der Waals surface area contributed by atoms with Crippen LogP contribution in [-0.4, -0.2) is 40.4 Å². The minimum absolute atomic E-state index is 0.0946. The number of likely N-dealkylation sites (tertiary alicyclic amines) is 1. The summed E-state index contributed by atoms with van der Waals surface area (Å²) in [7, 11) is 0. The van der Waals surface area contributed by atoms with Crippen LogP contribution in [-0.2, 0) is 0 Å². The molecule has 5 heteroatoms. The van der Waals surface area contributed by atoms with Gasteiger partial charge in [-0.1, -0.05) is 0 Å². The molecule has 1 aromatic heterocycles. The van der Waals surface area contributed by atoms with Crippen molar-refractivity contribution in [1.82, 2.24) is 14.7 Å². The molecule has 2 heterocycles. The summed E-state index contributed by atoms with van der Waals surface area (Å²) >= 11 is 0. The van der Waals surface area contributed by atoms with Crippen LogP contribution in [0.15, 0.2) is 41.2 Å². The fourth-order valence-electron chi connectivity index (χ4n) is 3.67. The quantitative estimate of drug-likeness (QED) is 0.716. The Bertz CT molecular complexity index is 796. The smallest absolute Gasteiger partial charge is 0.271 e. The van der Waals surface area contributed by atoms with Gasteiger partial charge < -0.3 is 9.64 Å². The van der Waals surface area contributed by atoms with Gasteiger partial charge in [-0.15, -0.1) is 0 Å². The lowest BCUT2D eigenvalue weighted by atomic mass is 10.2. The summed E-state index contributed by atoms with van der Waals surface area (Å²) in [6.45, 7) is 5.35. The molecule has 0 N–H and O–H groups in total. The van der Waals surface area contributed by atoms with E-state index in [0.717, 1.165) is 36.7 Å². The van der Waals surface area contributed by atoms with Gasteiger partial charge in [-0.05, 0) is 75.9 Å². The van der Waals surface area contributed by atoms with E-state index in [9.17, 15) is 4.79 Å². The number of ether oxygens (including phenoxy) is 1. The fraction of sp³-hybridized carbons (Fsp3) is 0.524. The molecule has 0 amide bonds. The van der Waals surface area contributed by atoms with Crippen molar-refractivity contribution in [2.75, 3.05) is 19.7 Å². The molecule has 1 atom stereocenters. The average Bonchev–Trinajstić information content (AvgIpc) is 3.43. The Balaban J connectivity index is 1.33. The van der Waals surface area contributed by atoms with E-state index in [1.807, 2.05) is 30.3 Å². The Labute approximate surface area is 154 Å². The first-order valence-electron chi connectivity index (χ1n) is 9.78. The molecule has 5 nitrogen and oxygen atoms in total. The summed E-state index contributed by atoms with van der Waals surface area (Å²) in [5, 5.41) is 4.52. The third-order valence-electron chi connectivity index (χ3n) is 5.45. The van der Waals surface area contributed by atoms with Crippen LogP contribution in [0.3, 0.4) is 0 Å². The number of nitrogens with zero attached hydrogens (tertiary/aromatic N) is 3. The summed E-state index contributed by atoms with van der Waals surface area (Å²) in [5.74, 6) is 1.37. The number of benzene rings is 1. The van der Waals surface area contributed by atoms with Crippen molar-refractivity contribution in [2.45, 2.75) is 51.0 Å². The minimum atomic E-state index is -0.0946. The Morgan fingerprint density at radius 2 is 1.92 bits per heavy atom. The predicted octanol–water partition coefficient (Wildman–Crippen LogP) is 3.36. The van der Waals surface area contributed by atoms with Crippen molar-refractivity contribution in [3.8, 4) is 11.4 Å². The number of hydrogen-bond donors (Lipinski definition) is 0. The average molecular weight is 353 g/mol. The Kier molecular flexibility index (Phi) is 5.07. The van der Waals surface area contributed by atoms with E-state index in [1.165, 1.54) is 36.9 Å². The van der Waals surface area contributed by atoms with Crippen LogP contribution in [0.4, 0.5) is 0 Å². The van der Waals surface area contributed by atoms with E-state index in [1.54, 1.807) is 6.07 Å². The zero-order valence-corrected chi connectivity index (χ0v) is 15.4. The second-order valence-electron chi connectivity index (χ2n) is 7.51. The van der Waals surface area contributed by atoms with Gasteiger partial charge in [-0.3, -0.25) is 4.79 Å².